The molecule has 7 heteroatoms. The van der Waals surface area contributed by atoms with Crippen molar-refractivity contribution in [1.82, 2.24) is 5.32 Å². The van der Waals surface area contributed by atoms with Gasteiger partial charge in [-0.2, -0.15) is 0 Å². The van der Waals surface area contributed by atoms with E-state index in [0.29, 0.717) is 6.42 Å². The van der Waals surface area contributed by atoms with Crippen LogP contribution in [0.15, 0.2) is 0 Å². The minimum absolute atomic E-state index is 0.270. The van der Waals surface area contributed by atoms with Gasteiger partial charge >= 0.3 is 0 Å². The van der Waals surface area contributed by atoms with Gasteiger partial charge in [0.15, 0.2) is 0 Å². The third-order valence-corrected chi connectivity index (χ3v) is 5.34. The highest BCUT2D eigenvalue weighted by atomic mass is 16.5. The molecule has 1 aliphatic rings. The summed E-state index contributed by atoms with van der Waals surface area (Å²) in [5.41, 5.74) is 5.49. The second-order valence-electron chi connectivity index (χ2n) is 7.72. The summed E-state index contributed by atoms with van der Waals surface area (Å²) in [5.74, 6) is -0.270. The number of carbonyl (C=O) groups excluding carboxylic acids is 1. The minimum Gasteiger partial charge on any atom is -0.394 e. The highest BCUT2D eigenvalue weighted by Crippen LogP contribution is 2.25. The summed E-state index contributed by atoms with van der Waals surface area (Å²) in [4.78, 5) is 11.4. The Hall–Kier alpha value is -0.730. The lowest BCUT2D eigenvalue weighted by atomic mass is 9.90. The Labute approximate surface area is 163 Å². The zero-order valence-corrected chi connectivity index (χ0v) is 16.8. The number of nitrogens with two attached hydrogens (primary N) is 1. The largest absolute Gasteiger partial charge is 0.394 e. The third kappa shape index (κ3) is 9.34. The van der Waals surface area contributed by atoms with Crippen LogP contribution in [0, 0.1) is 0 Å². The second-order valence-corrected chi connectivity index (χ2v) is 7.72. The van der Waals surface area contributed by atoms with Gasteiger partial charge in [-0.15, -0.1) is 0 Å². The summed E-state index contributed by atoms with van der Waals surface area (Å²) in [6, 6.07) is -0.645. The van der Waals surface area contributed by atoms with E-state index in [0.717, 1.165) is 32.2 Å². The first kappa shape index (κ1) is 24.3. The second kappa shape index (κ2) is 14.3. The fourth-order valence-electron chi connectivity index (χ4n) is 3.76. The Kier molecular flexibility index (Phi) is 12.9. The zero-order valence-electron chi connectivity index (χ0n) is 16.8. The molecular formula is C20H40N2O5. The number of hydrogen-bond acceptors (Lipinski definition) is 6. The fourth-order valence-corrected chi connectivity index (χ4v) is 3.76. The van der Waals surface area contributed by atoms with E-state index >= 15 is 0 Å². The van der Waals surface area contributed by atoms with Gasteiger partial charge in [-0.25, -0.2) is 0 Å². The number of aliphatic hydroxyl groups excluding tert-OH is 3. The molecule has 7 nitrogen and oxygen atoms in total. The molecule has 0 aliphatic carbocycles. The van der Waals surface area contributed by atoms with Crippen molar-refractivity contribution in [2.24, 2.45) is 5.73 Å². The Bertz CT molecular complexity index is 397. The van der Waals surface area contributed by atoms with Crippen molar-refractivity contribution < 1.29 is 24.9 Å². The van der Waals surface area contributed by atoms with Gasteiger partial charge in [-0.05, 0) is 19.4 Å². The molecule has 1 saturated heterocycles. The molecule has 6 N–H and O–H groups in total. The van der Waals surface area contributed by atoms with E-state index in [4.69, 9.17) is 10.5 Å². The van der Waals surface area contributed by atoms with Crippen LogP contribution in [0.3, 0.4) is 0 Å². The van der Waals surface area contributed by atoms with Crippen molar-refractivity contribution in [3.8, 4) is 0 Å². The van der Waals surface area contributed by atoms with E-state index in [1.54, 1.807) is 0 Å². The Morgan fingerprint density at radius 3 is 1.89 bits per heavy atom. The predicted molar refractivity (Wildman–Crippen MR) is 105 cm³/mol. The van der Waals surface area contributed by atoms with Crippen LogP contribution in [-0.4, -0.2) is 64.8 Å². The first-order chi connectivity index (χ1) is 13.0. The van der Waals surface area contributed by atoms with Crippen LogP contribution in [0.5, 0.6) is 0 Å². The molecule has 1 fully saturated rings. The van der Waals surface area contributed by atoms with Gasteiger partial charge in [0.25, 0.3) is 0 Å². The first-order valence-electron chi connectivity index (χ1n) is 10.6. The number of aliphatic hydroxyl groups is 3. The number of carbonyl (C=O) groups is 1. The van der Waals surface area contributed by atoms with Gasteiger partial charge in [0.2, 0.25) is 5.91 Å². The molecule has 0 aromatic carbocycles. The molecule has 27 heavy (non-hydrogen) atoms. The molecule has 1 aliphatic heterocycles. The maximum absolute atomic E-state index is 11.4. The number of unbranched alkanes of at least 4 members (excludes halogenated alkanes) is 9. The van der Waals surface area contributed by atoms with E-state index in [9.17, 15) is 20.1 Å². The summed E-state index contributed by atoms with van der Waals surface area (Å²) in [5, 5.41) is 32.3. The van der Waals surface area contributed by atoms with Gasteiger partial charge in [0.1, 0.15) is 18.3 Å². The van der Waals surface area contributed by atoms with Crippen LogP contribution < -0.4 is 11.1 Å². The molecule has 160 valence electrons. The summed E-state index contributed by atoms with van der Waals surface area (Å²) >= 11 is 0. The van der Waals surface area contributed by atoms with Gasteiger partial charge in [0, 0.05) is 6.92 Å². The van der Waals surface area contributed by atoms with Crippen molar-refractivity contribution in [3.63, 3.8) is 0 Å². The average Bonchev–Trinajstić information content (AvgIpc) is 2.64. The lowest BCUT2D eigenvalue weighted by Crippen LogP contribution is -2.63. The summed E-state index contributed by atoms with van der Waals surface area (Å²) in [6.45, 7) is 1.82. The lowest BCUT2D eigenvalue weighted by molar-refractivity contribution is -0.196. The average molecular weight is 389 g/mol. The maximum atomic E-state index is 11.4. The molecule has 0 spiro atoms. The number of hydrogen-bond donors (Lipinski definition) is 5. The van der Waals surface area contributed by atoms with Crippen LogP contribution in [0.25, 0.3) is 0 Å². The summed E-state index contributed by atoms with van der Waals surface area (Å²) in [7, 11) is 0. The van der Waals surface area contributed by atoms with Crippen molar-refractivity contribution in [2.75, 3.05) is 13.2 Å². The van der Waals surface area contributed by atoms with E-state index in [2.05, 4.69) is 5.32 Å². The van der Waals surface area contributed by atoms with Crippen molar-refractivity contribution >= 4 is 5.91 Å². The van der Waals surface area contributed by atoms with E-state index in [-0.39, 0.29) is 12.5 Å². The van der Waals surface area contributed by atoms with Gasteiger partial charge < -0.3 is 31.1 Å². The van der Waals surface area contributed by atoms with Crippen LogP contribution >= 0.6 is 0 Å². The van der Waals surface area contributed by atoms with Gasteiger partial charge in [-0.3, -0.25) is 4.79 Å². The predicted octanol–water partition coefficient (Wildman–Crippen LogP) is 1.22. The molecule has 0 saturated carbocycles. The van der Waals surface area contributed by atoms with Crippen LogP contribution in [0.2, 0.25) is 0 Å². The number of ether oxygens (including phenoxy) is 1. The topological polar surface area (TPSA) is 125 Å². The van der Waals surface area contributed by atoms with E-state index in [1.807, 2.05) is 0 Å². The number of rotatable bonds is 14. The molecule has 1 heterocycles. The van der Waals surface area contributed by atoms with Crippen molar-refractivity contribution in [3.05, 3.63) is 0 Å². The monoisotopic (exact) mass is 388 g/mol. The van der Waals surface area contributed by atoms with Crippen LogP contribution in [-0.2, 0) is 9.53 Å². The number of nitrogens with one attached hydrogen (secondary N) is 1. The molecule has 1 rings (SSSR count). The molecule has 0 aromatic heterocycles. The van der Waals surface area contributed by atoms with Gasteiger partial charge in [0.05, 0.1) is 18.8 Å². The minimum atomic E-state index is -1.20. The Morgan fingerprint density at radius 2 is 1.41 bits per heavy atom. The molecule has 0 radical (unpaired) electrons. The molecule has 5 atom stereocenters. The maximum Gasteiger partial charge on any atom is 0.217 e. The summed E-state index contributed by atoms with van der Waals surface area (Å²) < 4.78 is 5.74. The molecule has 1 amide bonds. The van der Waals surface area contributed by atoms with Gasteiger partial charge in [-0.1, -0.05) is 57.8 Å². The molecule has 0 aromatic rings. The molecular weight excluding hydrogens is 348 g/mol. The summed E-state index contributed by atoms with van der Waals surface area (Å²) in [6.07, 6.45) is 9.00. The van der Waals surface area contributed by atoms with E-state index in [1.165, 1.54) is 45.4 Å². The Morgan fingerprint density at radius 1 is 0.889 bits per heavy atom. The standard InChI is InChI=1S/C20H40N2O5/c1-15(24)22-18-16(27-17(14-23)19(25)20(18)26)12-10-8-6-4-2-3-5-7-9-11-13-21/h16-20,23,25-26H,2-14,21H2,1H3,(H,22,24)/t16?,17-,18+,19-,20-/m1/s1. The molecule has 0 bridgehead atoms. The Balaban J connectivity index is 2.23. The lowest BCUT2D eigenvalue weighted by Gasteiger charge is -2.42. The highest BCUT2D eigenvalue weighted by Gasteiger charge is 2.44. The quantitative estimate of drug-likeness (QED) is 0.285. The van der Waals surface area contributed by atoms with Crippen LogP contribution in [0.1, 0.15) is 77.6 Å². The zero-order chi connectivity index (χ0) is 20.1. The SMILES string of the molecule is CC(=O)N[C@H]1C(CCCCCCCCCCCCN)O[C@H](CO)[C@@H](O)[C@@H]1O. The first-order valence-corrected chi connectivity index (χ1v) is 10.6. The van der Waals surface area contributed by atoms with Crippen LogP contribution in [0.4, 0.5) is 0 Å². The van der Waals surface area contributed by atoms with E-state index < -0.39 is 30.5 Å². The smallest absolute Gasteiger partial charge is 0.217 e. The highest BCUT2D eigenvalue weighted by molar-refractivity contribution is 5.73. The third-order valence-electron chi connectivity index (χ3n) is 5.34. The number of amides is 1. The van der Waals surface area contributed by atoms with Crippen molar-refractivity contribution in [1.29, 1.82) is 0 Å². The van der Waals surface area contributed by atoms with Crippen molar-refractivity contribution in [2.45, 2.75) is 108 Å². The normalized spacial score (nSPS) is 28.3. The fraction of sp³-hybridized carbons (Fsp3) is 0.950. The molecule has 1 unspecified atom stereocenters.